The van der Waals surface area contributed by atoms with Crippen molar-refractivity contribution in [2.45, 2.75) is 219 Å². The molecule has 79 heavy (non-hydrogen) atoms. The quantitative estimate of drug-likeness (QED) is 0.0261. The van der Waals surface area contributed by atoms with Crippen LogP contribution in [0.1, 0.15) is 213 Å². The molecular weight excluding hydrogens is 973 g/mol. The van der Waals surface area contributed by atoms with E-state index in [0.29, 0.717) is 12.8 Å². The van der Waals surface area contributed by atoms with Gasteiger partial charge in [-0.25, -0.2) is 0 Å². The van der Waals surface area contributed by atoms with Crippen molar-refractivity contribution in [1.82, 2.24) is 0 Å². The maximum Gasteiger partial charge on any atom is 0.309 e. The summed E-state index contributed by atoms with van der Waals surface area (Å²) in [5.74, 6) is -1.14. The number of hydrogen-bond acceptors (Lipinski definition) is 6. The molecule has 0 aromatic rings. The molecule has 6 nitrogen and oxygen atoms in total. The van der Waals surface area contributed by atoms with E-state index in [0.717, 1.165) is 161 Å². The van der Waals surface area contributed by atoms with Crippen LogP contribution in [-0.4, -0.2) is 37.2 Å². The van der Waals surface area contributed by atoms with Crippen LogP contribution in [0.25, 0.3) is 0 Å². The third kappa shape index (κ3) is 62.7. The molecule has 0 heterocycles. The average Bonchev–Trinajstić information content (AvgIpc) is 3.45. The second kappa shape index (κ2) is 64.5. The summed E-state index contributed by atoms with van der Waals surface area (Å²) in [7, 11) is 0. The lowest BCUT2D eigenvalue weighted by molar-refractivity contribution is -0.166. The lowest BCUT2D eigenvalue weighted by atomic mass is 10.1. The van der Waals surface area contributed by atoms with Crippen molar-refractivity contribution in [3.05, 3.63) is 207 Å². The van der Waals surface area contributed by atoms with Crippen LogP contribution in [0.3, 0.4) is 0 Å². The number of allylic oxidation sites excluding steroid dienone is 33. The molecule has 0 radical (unpaired) electrons. The maximum atomic E-state index is 12.9. The summed E-state index contributed by atoms with van der Waals surface area (Å²) in [6.45, 7) is 6.14. The Labute approximate surface area is 483 Å². The van der Waals surface area contributed by atoms with Crippen molar-refractivity contribution in [3.8, 4) is 0 Å². The molecule has 0 spiro atoms. The number of carbonyl (C=O) groups is 3. The van der Waals surface area contributed by atoms with Gasteiger partial charge >= 0.3 is 17.9 Å². The molecule has 0 rings (SSSR count). The highest BCUT2D eigenvalue weighted by atomic mass is 16.6. The normalized spacial score (nSPS) is 13.6. The van der Waals surface area contributed by atoms with Crippen LogP contribution in [0.4, 0.5) is 0 Å². The second-order valence-electron chi connectivity index (χ2n) is 19.1. The Hall–Kier alpha value is -6.01. The van der Waals surface area contributed by atoms with E-state index in [4.69, 9.17) is 14.2 Å². The highest BCUT2D eigenvalue weighted by molar-refractivity contribution is 5.72. The van der Waals surface area contributed by atoms with Gasteiger partial charge in [0.15, 0.2) is 6.10 Å². The van der Waals surface area contributed by atoms with Crippen LogP contribution in [0.15, 0.2) is 207 Å². The third-order valence-corrected chi connectivity index (χ3v) is 11.8. The number of carbonyl (C=O) groups excluding carboxylic acids is 3. The van der Waals surface area contributed by atoms with Gasteiger partial charge in [0.25, 0.3) is 0 Å². The van der Waals surface area contributed by atoms with E-state index in [1.807, 2.05) is 6.08 Å². The van der Waals surface area contributed by atoms with E-state index in [1.165, 1.54) is 0 Å². The smallest absolute Gasteiger partial charge is 0.309 e. The maximum absolute atomic E-state index is 12.9. The molecule has 0 N–H and O–H groups in total. The average molecular weight is 1080 g/mol. The van der Waals surface area contributed by atoms with Crippen LogP contribution in [0.2, 0.25) is 0 Å². The number of ether oxygens (including phenoxy) is 3. The fourth-order valence-electron chi connectivity index (χ4n) is 7.34. The van der Waals surface area contributed by atoms with Gasteiger partial charge in [-0.2, -0.15) is 0 Å². The van der Waals surface area contributed by atoms with Gasteiger partial charge in [-0.3, -0.25) is 14.4 Å². The first-order valence-corrected chi connectivity index (χ1v) is 30.6. The van der Waals surface area contributed by atoms with E-state index < -0.39 is 12.1 Å². The van der Waals surface area contributed by atoms with Crippen molar-refractivity contribution in [2.75, 3.05) is 13.2 Å². The molecule has 0 aromatic heterocycles. The monoisotopic (exact) mass is 1080 g/mol. The lowest BCUT2D eigenvalue weighted by Crippen LogP contribution is -2.30. The highest BCUT2D eigenvalue weighted by Crippen LogP contribution is 2.12. The Balaban J connectivity index is 4.61. The molecule has 0 fully saturated rings. The zero-order valence-corrected chi connectivity index (χ0v) is 49.8. The third-order valence-electron chi connectivity index (χ3n) is 11.8. The highest BCUT2D eigenvalue weighted by Gasteiger charge is 2.19. The van der Waals surface area contributed by atoms with Gasteiger partial charge in [-0.05, 0) is 148 Å². The van der Waals surface area contributed by atoms with Gasteiger partial charge in [-0.1, -0.05) is 253 Å². The van der Waals surface area contributed by atoms with Gasteiger partial charge < -0.3 is 14.2 Å². The van der Waals surface area contributed by atoms with E-state index >= 15 is 0 Å². The first kappa shape index (κ1) is 73.0. The number of unbranched alkanes of at least 4 members (excludes halogenated alkanes) is 8. The summed E-state index contributed by atoms with van der Waals surface area (Å²) < 4.78 is 16.7. The Morgan fingerprint density at radius 3 is 0.835 bits per heavy atom. The van der Waals surface area contributed by atoms with E-state index in [2.05, 4.69) is 215 Å². The van der Waals surface area contributed by atoms with Crippen LogP contribution < -0.4 is 0 Å². The summed E-state index contributed by atoms with van der Waals surface area (Å²) in [6.07, 6.45) is 99.9. The van der Waals surface area contributed by atoms with Crippen LogP contribution in [0, 0.1) is 0 Å². The summed E-state index contributed by atoms with van der Waals surface area (Å²) in [4.78, 5) is 38.2. The van der Waals surface area contributed by atoms with Gasteiger partial charge in [-0.15, -0.1) is 0 Å². The Morgan fingerprint density at radius 2 is 0.506 bits per heavy atom. The van der Waals surface area contributed by atoms with Crippen molar-refractivity contribution in [2.24, 2.45) is 0 Å². The zero-order chi connectivity index (χ0) is 57.1. The molecular formula is C73H108O6. The minimum Gasteiger partial charge on any atom is -0.462 e. The van der Waals surface area contributed by atoms with Crippen LogP contribution >= 0.6 is 0 Å². The minimum absolute atomic E-state index is 0.104. The minimum atomic E-state index is -0.858. The molecule has 436 valence electrons. The van der Waals surface area contributed by atoms with Crippen LogP contribution in [-0.2, 0) is 28.6 Å². The molecule has 0 bridgehead atoms. The predicted molar refractivity (Wildman–Crippen MR) is 343 cm³/mol. The molecule has 0 aliphatic rings. The number of rotatable bonds is 52. The van der Waals surface area contributed by atoms with E-state index in [-0.39, 0.29) is 44.4 Å². The Morgan fingerprint density at radius 1 is 0.266 bits per heavy atom. The van der Waals surface area contributed by atoms with Gasteiger partial charge in [0.05, 0.1) is 6.42 Å². The summed E-state index contributed by atoms with van der Waals surface area (Å²) in [5, 5.41) is 0. The SMILES string of the molecule is CC/C=C\C/C=C\C/C=C\C/C=C\C/C=C\C/C=C\C/C=C\CCCCCC(=O)OCC(COC(=O)C/C=C\C/C=C\C/C=C\C/C=C\C/C=C\CC)OC(=O)CCCCCCC/C=C\C/C=C\C/C=C\C/C=C\C/C=C\CC. The molecule has 1 atom stereocenters. The second-order valence-corrected chi connectivity index (χ2v) is 19.1. The topological polar surface area (TPSA) is 78.9 Å². The number of esters is 3. The molecule has 0 saturated carbocycles. The van der Waals surface area contributed by atoms with Crippen molar-refractivity contribution < 1.29 is 28.6 Å². The Bertz CT molecular complexity index is 1960. The molecule has 6 heteroatoms. The summed E-state index contributed by atoms with van der Waals surface area (Å²) in [5.41, 5.74) is 0. The lowest BCUT2D eigenvalue weighted by Gasteiger charge is -2.18. The van der Waals surface area contributed by atoms with Crippen molar-refractivity contribution >= 4 is 17.9 Å². The molecule has 0 aliphatic carbocycles. The molecule has 0 aliphatic heterocycles. The standard InChI is InChI=1S/C73H108O6/c1-4-7-10-13-16-19-22-25-28-30-32-34-35-36-37-39-40-42-45-48-51-54-57-60-63-66-72(75)78-69-70(68-77-71(74)65-62-59-56-53-50-47-44-27-24-21-18-15-12-9-6-3)79-73(76)67-64-61-58-55-52-49-46-43-41-38-33-31-29-26-23-20-17-14-11-8-5-2/h7-12,16-21,25-29,32-34,36-38,40,42-44,46,48,50-51,53,59,62,70H,4-6,13-15,22-24,30-31,35,39,41,45,47,49,52,54-58,60-61,63-69H2,1-3H3/b10-7-,11-8-,12-9-,19-16-,20-17-,21-18-,28-25-,29-26-,34-32-,37-36-,38-33-,42-40-,44-27-,46-43-,51-48-,53-50-,62-59-. The Kier molecular flexibility index (Phi) is 59.6. The zero-order valence-electron chi connectivity index (χ0n) is 49.8. The fraction of sp³-hybridized carbons (Fsp3) is 0.493. The predicted octanol–water partition coefficient (Wildman–Crippen LogP) is 21.2. The fourth-order valence-corrected chi connectivity index (χ4v) is 7.34. The van der Waals surface area contributed by atoms with Gasteiger partial charge in [0.1, 0.15) is 13.2 Å². The van der Waals surface area contributed by atoms with E-state index in [1.54, 1.807) is 6.08 Å². The van der Waals surface area contributed by atoms with Gasteiger partial charge in [0, 0.05) is 12.8 Å². The molecule has 0 amide bonds. The first-order valence-electron chi connectivity index (χ1n) is 30.6. The molecule has 0 saturated heterocycles. The van der Waals surface area contributed by atoms with Gasteiger partial charge in [0.2, 0.25) is 0 Å². The number of hydrogen-bond donors (Lipinski definition) is 0. The molecule has 0 aromatic carbocycles. The first-order chi connectivity index (χ1) is 39.0. The molecule has 1 unspecified atom stereocenters. The van der Waals surface area contributed by atoms with E-state index in [9.17, 15) is 14.4 Å². The summed E-state index contributed by atoms with van der Waals surface area (Å²) in [6, 6.07) is 0. The largest absolute Gasteiger partial charge is 0.462 e. The summed E-state index contributed by atoms with van der Waals surface area (Å²) >= 11 is 0. The van der Waals surface area contributed by atoms with Crippen molar-refractivity contribution in [3.63, 3.8) is 0 Å². The van der Waals surface area contributed by atoms with Crippen LogP contribution in [0.5, 0.6) is 0 Å². The van der Waals surface area contributed by atoms with Crippen molar-refractivity contribution in [1.29, 1.82) is 0 Å².